The van der Waals surface area contributed by atoms with E-state index in [1.807, 2.05) is 6.92 Å². The number of nitrogens with one attached hydrogen (secondary N) is 1. The first-order valence-electron chi connectivity index (χ1n) is 9.06. The zero-order valence-corrected chi connectivity index (χ0v) is 15.2. The highest BCUT2D eigenvalue weighted by Crippen LogP contribution is 2.71. The molecule has 1 atom stereocenters. The van der Waals surface area contributed by atoms with Crippen LogP contribution >= 0.6 is 0 Å². The molecule has 4 nitrogen and oxygen atoms in total. The first kappa shape index (κ1) is 18.8. The number of carbonyl (C=O) groups excluding carboxylic acids is 1. The predicted molar refractivity (Wildman–Crippen MR) is 93.9 cm³/mol. The summed E-state index contributed by atoms with van der Waals surface area (Å²) in [4.78, 5) is 19.8. The highest BCUT2D eigenvalue weighted by atomic mass is 19.4. The summed E-state index contributed by atoms with van der Waals surface area (Å²) in [5, 5.41) is 3.10. The molecule has 0 amide bonds. The second kappa shape index (κ2) is 6.25. The molecule has 1 heterocycles. The third-order valence-corrected chi connectivity index (χ3v) is 6.12. The Bertz CT molecular complexity index is 891. The second-order valence-electron chi connectivity index (χ2n) is 8.08. The molecule has 0 spiro atoms. The van der Waals surface area contributed by atoms with Crippen LogP contribution in [0.5, 0.6) is 0 Å². The molecule has 28 heavy (non-hydrogen) atoms. The number of carbonyl (C=O) groups is 1. The molecule has 3 aliphatic carbocycles. The van der Waals surface area contributed by atoms with E-state index in [-0.39, 0.29) is 40.7 Å². The summed E-state index contributed by atoms with van der Waals surface area (Å²) >= 11 is 0. The Labute approximate surface area is 159 Å². The van der Waals surface area contributed by atoms with Crippen molar-refractivity contribution < 1.29 is 22.4 Å². The maximum atomic E-state index is 13.0. The van der Waals surface area contributed by atoms with Crippen LogP contribution in [0.3, 0.4) is 0 Å². The Morgan fingerprint density at radius 1 is 1.18 bits per heavy atom. The molecule has 0 aliphatic heterocycles. The summed E-state index contributed by atoms with van der Waals surface area (Å²) in [5.41, 5.74) is -0.599. The number of hydrogen-bond acceptors (Lipinski definition) is 4. The van der Waals surface area contributed by atoms with E-state index < -0.39 is 11.9 Å². The van der Waals surface area contributed by atoms with Gasteiger partial charge in [-0.3, -0.25) is 4.79 Å². The molecule has 3 saturated carbocycles. The Hall–Kier alpha value is -2.51. The van der Waals surface area contributed by atoms with Crippen molar-refractivity contribution in [2.45, 2.75) is 44.3 Å². The van der Waals surface area contributed by atoms with E-state index in [9.17, 15) is 22.4 Å². The van der Waals surface area contributed by atoms with Crippen LogP contribution in [-0.4, -0.2) is 21.3 Å². The topological polar surface area (TPSA) is 54.9 Å². The molecule has 2 bridgehead atoms. The fourth-order valence-corrected chi connectivity index (χ4v) is 4.61. The number of benzene rings is 1. The van der Waals surface area contributed by atoms with Gasteiger partial charge < -0.3 is 5.32 Å². The largest absolute Gasteiger partial charge is 0.433 e. The standard InChI is InChI=1S/C20H19F4N3O/c1-12(15(28)6-13-2-4-14(21)5-3-13)18-8-19(9-18,10-18)27-17-7-16(20(22,23)24)25-11-26-17/h2-5,7,11-12H,6,8-10H2,1H3,(H,25,26,27). The minimum atomic E-state index is -4.51. The number of anilines is 1. The van der Waals surface area contributed by atoms with Crippen molar-refractivity contribution in [2.75, 3.05) is 5.32 Å². The number of Topliss-reactive ketones (excluding diaryl/α,β-unsaturated/α-hetero) is 1. The number of halogens is 4. The average Bonchev–Trinajstić information content (AvgIpc) is 2.58. The van der Waals surface area contributed by atoms with Gasteiger partial charge in [-0.15, -0.1) is 0 Å². The molecule has 0 radical (unpaired) electrons. The van der Waals surface area contributed by atoms with E-state index in [1.165, 1.54) is 12.1 Å². The van der Waals surface area contributed by atoms with Gasteiger partial charge in [-0.1, -0.05) is 19.1 Å². The van der Waals surface area contributed by atoms with Crippen LogP contribution in [0.25, 0.3) is 0 Å². The zero-order valence-electron chi connectivity index (χ0n) is 15.2. The van der Waals surface area contributed by atoms with Crippen LogP contribution in [-0.2, 0) is 17.4 Å². The van der Waals surface area contributed by atoms with Crippen molar-refractivity contribution in [3.63, 3.8) is 0 Å². The summed E-state index contributed by atoms with van der Waals surface area (Å²) in [6, 6.07) is 6.81. The maximum absolute atomic E-state index is 13.0. The van der Waals surface area contributed by atoms with E-state index in [0.29, 0.717) is 0 Å². The highest BCUT2D eigenvalue weighted by molar-refractivity contribution is 5.84. The average molecular weight is 393 g/mol. The van der Waals surface area contributed by atoms with Gasteiger partial charge in [0.2, 0.25) is 0 Å². The molecule has 148 valence electrons. The molecular weight excluding hydrogens is 374 g/mol. The SMILES string of the molecule is CC(C(=O)Cc1ccc(F)cc1)C12CC(Nc3cc(C(F)(F)F)ncn3)(C1)C2. The number of rotatable bonds is 6. The van der Waals surface area contributed by atoms with E-state index in [1.54, 1.807) is 12.1 Å². The second-order valence-corrected chi connectivity index (χ2v) is 8.08. The van der Waals surface area contributed by atoms with Crippen LogP contribution in [0.1, 0.15) is 37.4 Å². The van der Waals surface area contributed by atoms with Gasteiger partial charge in [0.15, 0.2) is 0 Å². The third-order valence-electron chi connectivity index (χ3n) is 6.12. The fourth-order valence-electron chi connectivity index (χ4n) is 4.61. The van der Waals surface area contributed by atoms with Crippen molar-refractivity contribution in [3.05, 3.63) is 53.7 Å². The summed E-state index contributed by atoms with van der Waals surface area (Å²) in [7, 11) is 0. The van der Waals surface area contributed by atoms with Gasteiger partial charge in [0.05, 0.1) is 0 Å². The van der Waals surface area contributed by atoms with Crippen molar-refractivity contribution in [1.29, 1.82) is 0 Å². The zero-order chi connectivity index (χ0) is 20.2. The Morgan fingerprint density at radius 2 is 1.82 bits per heavy atom. The van der Waals surface area contributed by atoms with Gasteiger partial charge in [-0.05, 0) is 42.4 Å². The molecule has 3 aliphatic rings. The molecule has 1 aromatic carbocycles. The van der Waals surface area contributed by atoms with Crippen LogP contribution in [0.15, 0.2) is 36.7 Å². The molecule has 3 fully saturated rings. The normalized spacial score (nSPS) is 26.8. The van der Waals surface area contributed by atoms with E-state index >= 15 is 0 Å². The highest BCUT2D eigenvalue weighted by Gasteiger charge is 2.70. The minimum absolute atomic E-state index is 0.0984. The van der Waals surface area contributed by atoms with Crippen LogP contribution in [0.2, 0.25) is 0 Å². The Balaban J connectivity index is 1.36. The molecular formula is C20H19F4N3O. The molecule has 2 aromatic rings. The quantitative estimate of drug-likeness (QED) is 0.739. The third kappa shape index (κ3) is 3.25. The van der Waals surface area contributed by atoms with Crippen LogP contribution in [0.4, 0.5) is 23.4 Å². The Kier molecular flexibility index (Phi) is 4.21. The van der Waals surface area contributed by atoms with Crippen molar-refractivity contribution in [3.8, 4) is 0 Å². The maximum Gasteiger partial charge on any atom is 0.433 e. The lowest BCUT2D eigenvalue weighted by Crippen LogP contribution is -2.73. The molecule has 1 N–H and O–H groups in total. The summed E-state index contributed by atoms with van der Waals surface area (Å²) < 4.78 is 51.4. The number of alkyl halides is 3. The minimum Gasteiger partial charge on any atom is -0.364 e. The van der Waals surface area contributed by atoms with E-state index in [4.69, 9.17) is 0 Å². The van der Waals surface area contributed by atoms with Gasteiger partial charge in [-0.2, -0.15) is 13.2 Å². The smallest absolute Gasteiger partial charge is 0.364 e. The van der Waals surface area contributed by atoms with Gasteiger partial charge >= 0.3 is 6.18 Å². The van der Waals surface area contributed by atoms with Gasteiger partial charge in [0, 0.05) is 23.9 Å². The van der Waals surface area contributed by atoms with Gasteiger partial charge in [-0.25, -0.2) is 14.4 Å². The molecule has 1 aromatic heterocycles. The number of ketones is 1. The first-order valence-corrected chi connectivity index (χ1v) is 9.06. The molecule has 8 heteroatoms. The van der Waals surface area contributed by atoms with Gasteiger partial charge in [0.25, 0.3) is 0 Å². The Morgan fingerprint density at radius 3 is 2.43 bits per heavy atom. The van der Waals surface area contributed by atoms with Crippen molar-refractivity contribution in [1.82, 2.24) is 9.97 Å². The lowest BCUT2D eigenvalue weighted by Gasteiger charge is -2.72. The first-order chi connectivity index (χ1) is 13.1. The molecule has 1 unspecified atom stereocenters. The van der Waals surface area contributed by atoms with E-state index in [2.05, 4.69) is 15.3 Å². The van der Waals surface area contributed by atoms with Crippen molar-refractivity contribution in [2.24, 2.45) is 11.3 Å². The molecule has 5 rings (SSSR count). The number of hydrogen-bond donors (Lipinski definition) is 1. The summed E-state index contributed by atoms with van der Waals surface area (Å²) in [6.45, 7) is 1.90. The van der Waals surface area contributed by atoms with Gasteiger partial charge in [0.1, 0.15) is 29.4 Å². The lowest BCUT2D eigenvalue weighted by atomic mass is 9.35. The fraction of sp³-hybridized carbons (Fsp3) is 0.450. The number of nitrogens with zero attached hydrogens (tertiary/aromatic N) is 2. The lowest BCUT2D eigenvalue weighted by molar-refractivity contribution is -0.167. The summed E-state index contributed by atoms with van der Waals surface area (Å²) in [5.74, 6) is -0.241. The van der Waals surface area contributed by atoms with Crippen LogP contribution in [0, 0.1) is 17.2 Å². The van der Waals surface area contributed by atoms with Crippen molar-refractivity contribution >= 4 is 11.6 Å². The predicted octanol–water partition coefficient (Wildman–Crippen LogP) is 4.42. The monoisotopic (exact) mass is 393 g/mol. The molecule has 0 saturated heterocycles. The van der Waals surface area contributed by atoms with Crippen LogP contribution < -0.4 is 5.32 Å². The van der Waals surface area contributed by atoms with E-state index in [0.717, 1.165) is 37.2 Å². The number of aromatic nitrogens is 2. The summed E-state index contributed by atoms with van der Waals surface area (Å²) in [6.07, 6.45) is -1.18.